The highest BCUT2D eigenvalue weighted by atomic mass is 35.5. The van der Waals surface area contributed by atoms with E-state index < -0.39 is 0 Å². The van der Waals surface area contributed by atoms with E-state index in [9.17, 15) is 0 Å². The SMILES string of the molecule is CC1CC(NCc2ccc(Cl)s2)CC(C)O1. The van der Waals surface area contributed by atoms with Crippen molar-refractivity contribution in [2.45, 2.75) is 51.5 Å². The quantitative estimate of drug-likeness (QED) is 0.898. The van der Waals surface area contributed by atoms with Crippen LogP contribution in [0.5, 0.6) is 0 Å². The van der Waals surface area contributed by atoms with Crippen LogP contribution in [0.4, 0.5) is 0 Å². The Morgan fingerprint density at radius 2 is 2.06 bits per heavy atom. The lowest BCUT2D eigenvalue weighted by Gasteiger charge is -2.32. The fourth-order valence-corrected chi connectivity index (χ4v) is 3.30. The highest BCUT2D eigenvalue weighted by molar-refractivity contribution is 7.16. The number of rotatable bonds is 3. The number of nitrogens with one attached hydrogen (secondary N) is 1. The van der Waals surface area contributed by atoms with Gasteiger partial charge in [-0.1, -0.05) is 11.6 Å². The Balaban J connectivity index is 1.81. The van der Waals surface area contributed by atoms with Crippen LogP contribution in [-0.2, 0) is 11.3 Å². The van der Waals surface area contributed by atoms with Crippen LogP contribution in [-0.4, -0.2) is 18.2 Å². The van der Waals surface area contributed by atoms with Gasteiger partial charge in [0.15, 0.2) is 0 Å². The Morgan fingerprint density at radius 3 is 2.62 bits per heavy atom. The summed E-state index contributed by atoms with van der Waals surface area (Å²) in [6.45, 7) is 5.21. The fraction of sp³-hybridized carbons (Fsp3) is 0.667. The molecule has 4 heteroatoms. The summed E-state index contributed by atoms with van der Waals surface area (Å²) < 4.78 is 6.58. The zero-order valence-corrected chi connectivity index (χ0v) is 11.3. The van der Waals surface area contributed by atoms with Crippen LogP contribution in [0.25, 0.3) is 0 Å². The predicted octanol–water partition coefficient (Wildman–Crippen LogP) is 3.45. The lowest BCUT2D eigenvalue weighted by Crippen LogP contribution is -2.40. The second-order valence-corrected chi connectivity index (χ2v) is 6.31. The van der Waals surface area contributed by atoms with Gasteiger partial charge in [-0.25, -0.2) is 0 Å². The molecule has 2 unspecified atom stereocenters. The number of thiophene rings is 1. The zero-order valence-electron chi connectivity index (χ0n) is 9.70. The van der Waals surface area contributed by atoms with Gasteiger partial charge in [0.2, 0.25) is 0 Å². The number of hydrogen-bond donors (Lipinski definition) is 1. The lowest BCUT2D eigenvalue weighted by atomic mass is 10.00. The summed E-state index contributed by atoms with van der Waals surface area (Å²) in [5, 5.41) is 3.58. The summed E-state index contributed by atoms with van der Waals surface area (Å²) in [4.78, 5) is 1.30. The summed E-state index contributed by atoms with van der Waals surface area (Å²) in [5.41, 5.74) is 0. The van der Waals surface area contributed by atoms with E-state index in [1.54, 1.807) is 11.3 Å². The maximum absolute atomic E-state index is 5.90. The molecular formula is C12H18ClNOS. The molecule has 1 N–H and O–H groups in total. The van der Waals surface area contributed by atoms with Gasteiger partial charge in [-0.05, 0) is 38.8 Å². The Bertz CT molecular complexity index is 332. The van der Waals surface area contributed by atoms with Crippen molar-refractivity contribution in [2.24, 2.45) is 0 Å². The van der Waals surface area contributed by atoms with E-state index in [4.69, 9.17) is 16.3 Å². The van der Waals surface area contributed by atoms with E-state index in [0.29, 0.717) is 18.2 Å². The number of hydrogen-bond acceptors (Lipinski definition) is 3. The molecule has 0 bridgehead atoms. The standard InChI is InChI=1S/C12H18ClNOS/c1-8-5-10(6-9(2)15-8)14-7-11-3-4-12(13)16-11/h3-4,8-10,14H,5-7H2,1-2H3. The first kappa shape index (κ1) is 12.4. The zero-order chi connectivity index (χ0) is 11.5. The van der Waals surface area contributed by atoms with E-state index >= 15 is 0 Å². The molecule has 1 fully saturated rings. The highest BCUT2D eigenvalue weighted by Gasteiger charge is 2.23. The van der Waals surface area contributed by atoms with Crippen LogP contribution >= 0.6 is 22.9 Å². The van der Waals surface area contributed by atoms with Crippen LogP contribution < -0.4 is 5.32 Å². The van der Waals surface area contributed by atoms with Crippen LogP contribution in [0, 0.1) is 0 Å². The monoisotopic (exact) mass is 259 g/mol. The highest BCUT2D eigenvalue weighted by Crippen LogP contribution is 2.23. The van der Waals surface area contributed by atoms with Crippen molar-refractivity contribution in [2.75, 3.05) is 0 Å². The molecule has 0 radical (unpaired) electrons. The second-order valence-electron chi connectivity index (χ2n) is 4.51. The van der Waals surface area contributed by atoms with Gasteiger partial charge in [0, 0.05) is 17.5 Å². The molecule has 0 spiro atoms. The van der Waals surface area contributed by atoms with Crippen molar-refractivity contribution < 1.29 is 4.74 Å². The van der Waals surface area contributed by atoms with Gasteiger partial charge >= 0.3 is 0 Å². The van der Waals surface area contributed by atoms with Crippen LogP contribution in [0.15, 0.2) is 12.1 Å². The van der Waals surface area contributed by atoms with Crippen molar-refractivity contribution in [3.63, 3.8) is 0 Å². The van der Waals surface area contributed by atoms with E-state index in [1.165, 1.54) is 4.88 Å². The molecule has 1 saturated heterocycles. The Kier molecular flexibility index (Phi) is 4.25. The van der Waals surface area contributed by atoms with E-state index in [1.807, 2.05) is 6.07 Å². The lowest BCUT2D eigenvalue weighted by molar-refractivity contribution is -0.0422. The molecule has 1 aromatic heterocycles. The summed E-state index contributed by atoms with van der Waals surface area (Å²) in [6, 6.07) is 4.62. The largest absolute Gasteiger partial charge is 0.375 e. The maximum atomic E-state index is 5.90. The Hall–Kier alpha value is -0.0900. The first-order valence-electron chi connectivity index (χ1n) is 5.76. The molecule has 0 aliphatic carbocycles. The van der Waals surface area contributed by atoms with E-state index in [2.05, 4.69) is 25.2 Å². The Morgan fingerprint density at radius 1 is 1.38 bits per heavy atom. The maximum Gasteiger partial charge on any atom is 0.0931 e. The smallest absolute Gasteiger partial charge is 0.0931 e. The van der Waals surface area contributed by atoms with Gasteiger partial charge < -0.3 is 10.1 Å². The average molecular weight is 260 g/mol. The average Bonchev–Trinajstić information content (AvgIpc) is 2.60. The van der Waals surface area contributed by atoms with Crippen molar-refractivity contribution in [1.29, 1.82) is 0 Å². The molecule has 1 aromatic rings. The molecule has 0 aromatic carbocycles. The third-order valence-electron chi connectivity index (χ3n) is 2.89. The molecule has 0 saturated carbocycles. The van der Waals surface area contributed by atoms with Gasteiger partial charge in [0.1, 0.15) is 0 Å². The van der Waals surface area contributed by atoms with Crippen molar-refractivity contribution in [1.82, 2.24) is 5.32 Å². The minimum Gasteiger partial charge on any atom is -0.375 e. The predicted molar refractivity (Wildman–Crippen MR) is 69.2 cm³/mol. The molecular weight excluding hydrogens is 242 g/mol. The van der Waals surface area contributed by atoms with Gasteiger partial charge in [0.25, 0.3) is 0 Å². The van der Waals surface area contributed by atoms with Crippen molar-refractivity contribution >= 4 is 22.9 Å². The van der Waals surface area contributed by atoms with Gasteiger partial charge in [-0.15, -0.1) is 11.3 Å². The van der Waals surface area contributed by atoms with Crippen LogP contribution in [0.3, 0.4) is 0 Å². The van der Waals surface area contributed by atoms with Crippen molar-refractivity contribution in [3.05, 3.63) is 21.3 Å². The van der Waals surface area contributed by atoms with Gasteiger partial charge in [-0.3, -0.25) is 0 Å². The molecule has 0 amide bonds. The summed E-state index contributed by atoms with van der Waals surface area (Å²) in [7, 11) is 0. The molecule has 90 valence electrons. The summed E-state index contributed by atoms with van der Waals surface area (Å²) >= 11 is 7.55. The third kappa shape index (κ3) is 3.45. The van der Waals surface area contributed by atoms with Crippen molar-refractivity contribution in [3.8, 4) is 0 Å². The molecule has 2 atom stereocenters. The normalized spacial score (nSPS) is 30.6. The topological polar surface area (TPSA) is 21.3 Å². The summed E-state index contributed by atoms with van der Waals surface area (Å²) in [5.74, 6) is 0. The molecule has 1 aliphatic heterocycles. The van der Waals surface area contributed by atoms with E-state index in [0.717, 1.165) is 23.7 Å². The van der Waals surface area contributed by atoms with Gasteiger partial charge in [0.05, 0.1) is 16.5 Å². The molecule has 16 heavy (non-hydrogen) atoms. The van der Waals surface area contributed by atoms with Crippen LogP contribution in [0.1, 0.15) is 31.6 Å². The van der Waals surface area contributed by atoms with Crippen LogP contribution in [0.2, 0.25) is 4.34 Å². The Labute approximate surface area is 106 Å². The van der Waals surface area contributed by atoms with Gasteiger partial charge in [-0.2, -0.15) is 0 Å². The number of halogens is 1. The molecule has 2 heterocycles. The second kappa shape index (κ2) is 5.50. The third-order valence-corrected chi connectivity index (χ3v) is 4.12. The number of ether oxygens (including phenoxy) is 1. The first-order valence-corrected chi connectivity index (χ1v) is 6.96. The van der Waals surface area contributed by atoms with E-state index in [-0.39, 0.29) is 0 Å². The summed E-state index contributed by atoms with van der Waals surface area (Å²) in [6.07, 6.45) is 2.94. The minimum absolute atomic E-state index is 0.369. The molecule has 1 aliphatic rings. The first-order chi connectivity index (χ1) is 7.63. The molecule has 2 nitrogen and oxygen atoms in total. The molecule has 2 rings (SSSR count). The fourth-order valence-electron chi connectivity index (χ4n) is 2.26. The minimum atomic E-state index is 0.369.